The molecular weight excluding hydrogens is 250 g/mol. The van der Waals surface area contributed by atoms with Crippen LogP contribution in [-0.4, -0.2) is 11.5 Å². The maximum absolute atomic E-state index is 11.9. The fourth-order valence-electron chi connectivity index (χ4n) is 0.874. The van der Waals surface area contributed by atoms with E-state index in [9.17, 15) is 17.7 Å². The van der Waals surface area contributed by atoms with Crippen molar-refractivity contribution in [3.8, 4) is 0 Å². The number of aromatic nitrogens is 1. The van der Waals surface area contributed by atoms with Gasteiger partial charge < -0.3 is 17.5 Å². The van der Waals surface area contributed by atoms with Gasteiger partial charge in [0.25, 0.3) is 5.56 Å². The largest absolute Gasteiger partial charge is 0.497 e. The van der Waals surface area contributed by atoms with Crippen molar-refractivity contribution in [2.45, 2.75) is 6.44 Å². The lowest BCUT2D eigenvalue weighted by atomic mass is 9.92. The third-order valence-corrected chi connectivity index (χ3v) is 1.98. The predicted octanol–water partition coefficient (Wildman–Crippen LogP) is 2.00. The van der Waals surface area contributed by atoms with Crippen LogP contribution in [0.25, 0.3) is 0 Å². The Morgan fingerprint density at radius 1 is 1.46 bits per heavy atom. The number of nitrogens with zero attached hydrogens (tertiary/aromatic N) is 1. The molecule has 0 atom stereocenters. The molecule has 0 unspecified atom stereocenters. The Labute approximate surface area is 80.6 Å². The van der Waals surface area contributed by atoms with E-state index < -0.39 is 19.0 Å². The Hall–Kier alpha value is -0.715. The fourth-order valence-corrected chi connectivity index (χ4v) is 1.25. The lowest BCUT2D eigenvalue weighted by molar-refractivity contribution is 0.442. The number of halogens is 4. The standard InChI is InChI=1S/C6H5BBrF3NO/c8-5-2-1-3-12(6(5)13)4-7(9,10)11/h1-3H,4H2/q-1. The van der Waals surface area contributed by atoms with Crippen LogP contribution >= 0.6 is 15.9 Å². The van der Waals surface area contributed by atoms with Crippen LogP contribution in [0.5, 0.6) is 0 Å². The SMILES string of the molecule is O=c1c(Br)cccn1C[B-](F)(F)F. The molecule has 0 radical (unpaired) electrons. The summed E-state index contributed by atoms with van der Waals surface area (Å²) in [5.41, 5.74) is -0.665. The zero-order chi connectivity index (χ0) is 10.1. The van der Waals surface area contributed by atoms with Crippen molar-refractivity contribution in [1.82, 2.24) is 4.57 Å². The summed E-state index contributed by atoms with van der Waals surface area (Å²) in [6.07, 6.45) is -0.0827. The predicted molar refractivity (Wildman–Crippen MR) is 47.5 cm³/mol. The Kier molecular flexibility index (Phi) is 2.85. The molecule has 0 saturated heterocycles. The quantitative estimate of drug-likeness (QED) is 0.740. The molecule has 0 bridgehead atoms. The summed E-state index contributed by atoms with van der Waals surface area (Å²) in [6.45, 7) is -4.97. The molecule has 0 aromatic carbocycles. The van der Waals surface area contributed by atoms with Crippen molar-refractivity contribution in [3.63, 3.8) is 0 Å². The van der Waals surface area contributed by atoms with E-state index in [1.807, 2.05) is 0 Å². The van der Waals surface area contributed by atoms with E-state index in [1.54, 1.807) is 0 Å². The van der Waals surface area contributed by atoms with Gasteiger partial charge in [-0.1, -0.05) is 0 Å². The van der Waals surface area contributed by atoms with Crippen LogP contribution in [0.1, 0.15) is 0 Å². The molecule has 72 valence electrons. The summed E-state index contributed by atoms with van der Waals surface area (Å²) >= 11 is 2.86. The topological polar surface area (TPSA) is 22.0 Å². The first-order valence-corrected chi connectivity index (χ1v) is 4.25. The number of rotatable bonds is 2. The van der Waals surface area contributed by atoms with Crippen molar-refractivity contribution in [3.05, 3.63) is 33.2 Å². The van der Waals surface area contributed by atoms with Crippen molar-refractivity contribution in [2.75, 3.05) is 0 Å². The number of hydrogen-bond donors (Lipinski definition) is 0. The molecule has 1 aromatic heterocycles. The van der Waals surface area contributed by atoms with Crippen LogP contribution in [0, 0.1) is 0 Å². The Balaban J connectivity index is 3.03. The highest BCUT2D eigenvalue weighted by molar-refractivity contribution is 9.10. The van der Waals surface area contributed by atoms with Gasteiger partial charge in [-0.25, -0.2) is 0 Å². The molecule has 0 N–H and O–H groups in total. The molecule has 7 heteroatoms. The molecule has 1 rings (SSSR count). The van der Waals surface area contributed by atoms with Gasteiger partial charge in [-0.05, 0) is 34.5 Å². The van der Waals surface area contributed by atoms with E-state index in [-0.39, 0.29) is 4.47 Å². The van der Waals surface area contributed by atoms with Crippen LogP contribution in [0.2, 0.25) is 0 Å². The first kappa shape index (κ1) is 10.4. The monoisotopic (exact) mass is 254 g/mol. The van der Waals surface area contributed by atoms with E-state index in [4.69, 9.17) is 0 Å². The second-order valence-electron chi connectivity index (χ2n) is 2.52. The second kappa shape index (κ2) is 3.57. The third-order valence-electron chi connectivity index (χ3n) is 1.38. The van der Waals surface area contributed by atoms with Gasteiger partial charge in [0.05, 0.1) is 4.47 Å². The molecule has 0 aliphatic heterocycles. The number of hydrogen-bond acceptors (Lipinski definition) is 1. The highest BCUT2D eigenvalue weighted by atomic mass is 79.9. The first-order valence-electron chi connectivity index (χ1n) is 3.46. The van der Waals surface area contributed by atoms with Gasteiger partial charge in [-0.15, -0.1) is 0 Å². The zero-order valence-corrected chi connectivity index (χ0v) is 7.97. The molecule has 0 aliphatic rings. The average Bonchev–Trinajstić information content (AvgIpc) is 1.96. The summed E-state index contributed by atoms with van der Waals surface area (Å²) in [4.78, 5) is 11.1. The second-order valence-corrected chi connectivity index (χ2v) is 3.38. The molecule has 13 heavy (non-hydrogen) atoms. The van der Waals surface area contributed by atoms with Gasteiger partial charge in [-0.3, -0.25) is 4.79 Å². The zero-order valence-electron chi connectivity index (χ0n) is 6.38. The van der Waals surface area contributed by atoms with Crippen molar-refractivity contribution in [2.24, 2.45) is 0 Å². The highest BCUT2D eigenvalue weighted by Crippen LogP contribution is 2.10. The Morgan fingerprint density at radius 3 is 2.62 bits per heavy atom. The minimum Gasteiger partial charge on any atom is -0.448 e. The van der Waals surface area contributed by atoms with Crippen LogP contribution in [0.4, 0.5) is 12.9 Å². The maximum Gasteiger partial charge on any atom is 0.497 e. The normalized spacial score (nSPS) is 11.7. The smallest absolute Gasteiger partial charge is 0.448 e. The molecular formula is C6H5BBrF3NO-. The summed E-state index contributed by atoms with van der Waals surface area (Å²) in [6, 6.07) is 2.79. The van der Waals surface area contributed by atoms with E-state index in [2.05, 4.69) is 15.9 Å². The van der Waals surface area contributed by atoms with Gasteiger partial charge >= 0.3 is 6.98 Å². The average molecular weight is 255 g/mol. The van der Waals surface area contributed by atoms with Crippen LogP contribution in [-0.2, 0) is 6.44 Å². The summed E-state index contributed by atoms with van der Waals surface area (Å²) in [5, 5.41) is 0. The van der Waals surface area contributed by atoms with Crippen LogP contribution in [0.3, 0.4) is 0 Å². The Morgan fingerprint density at radius 2 is 2.08 bits per heavy atom. The van der Waals surface area contributed by atoms with Gasteiger partial charge in [0.2, 0.25) is 0 Å². The van der Waals surface area contributed by atoms with Gasteiger partial charge in [0.1, 0.15) is 0 Å². The van der Waals surface area contributed by atoms with Crippen LogP contribution < -0.4 is 5.56 Å². The molecule has 0 amide bonds. The molecule has 2 nitrogen and oxygen atoms in total. The molecule has 1 heterocycles. The lowest BCUT2D eigenvalue weighted by Gasteiger charge is -2.15. The molecule has 0 fully saturated rings. The highest BCUT2D eigenvalue weighted by Gasteiger charge is 2.24. The molecule has 0 aliphatic carbocycles. The number of pyridine rings is 1. The van der Waals surface area contributed by atoms with Crippen LogP contribution in [0.15, 0.2) is 27.6 Å². The third kappa shape index (κ3) is 2.91. The lowest BCUT2D eigenvalue weighted by Crippen LogP contribution is -2.31. The minimum absolute atomic E-state index is 0.134. The summed E-state index contributed by atoms with van der Waals surface area (Å²) in [7, 11) is 0. The van der Waals surface area contributed by atoms with Gasteiger partial charge in [0, 0.05) is 6.20 Å². The first-order chi connectivity index (χ1) is 5.90. The maximum atomic E-state index is 11.9. The molecule has 0 spiro atoms. The van der Waals surface area contributed by atoms with Crippen molar-refractivity contribution >= 4 is 22.9 Å². The Bertz CT molecular complexity index is 362. The molecule has 0 saturated carbocycles. The van der Waals surface area contributed by atoms with E-state index in [0.29, 0.717) is 4.57 Å². The fraction of sp³-hybridized carbons (Fsp3) is 0.167. The van der Waals surface area contributed by atoms with Gasteiger partial charge in [0.15, 0.2) is 0 Å². The van der Waals surface area contributed by atoms with E-state index >= 15 is 0 Å². The minimum atomic E-state index is -4.97. The summed E-state index contributed by atoms with van der Waals surface area (Å²) in [5.74, 6) is 0. The molecule has 1 aromatic rings. The van der Waals surface area contributed by atoms with Gasteiger partial charge in [-0.2, -0.15) is 0 Å². The van der Waals surface area contributed by atoms with Crippen molar-refractivity contribution < 1.29 is 12.9 Å². The van der Waals surface area contributed by atoms with Crippen molar-refractivity contribution in [1.29, 1.82) is 0 Å². The van der Waals surface area contributed by atoms with E-state index in [1.165, 1.54) is 12.1 Å². The summed E-state index contributed by atoms with van der Waals surface area (Å²) < 4.78 is 36.6. The van der Waals surface area contributed by atoms with E-state index in [0.717, 1.165) is 6.20 Å².